The van der Waals surface area contributed by atoms with Gasteiger partial charge in [0.1, 0.15) is 12.3 Å². The van der Waals surface area contributed by atoms with E-state index in [-0.39, 0.29) is 0 Å². The minimum atomic E-state index is 0.513. The van der Waals surface area contributed by atoms with Gasteiger partial charge in [0.15, 0.2) is 0 Å². The number of anilines is 1. The van der Waals surface area contributed by atoms with Crippen molar-refractivity contribution in [1.29, 1.82) is 0 Å². The molecular formula is C12H23N3O2. The zero-order valence-electron chi connectivity index (χ0n) is 11.0. The van der Waals surface area contributed by atoms with Crippen LogP contribution in [0.15, 0.2) is 0 Å². The first-order valence-electron chi connectivity index (χ1n) is 6.24. The number of hydrogen-bond donors (Lipinski definition) is 1. The lowest BCUT2D eigenvalue weighted by Gasteiger charge is -2.08. The van der Waals surface area contributed by atoms with Crippen molar-refractivity contribution in [3.8, 4) is 5.88 Å². The SMILES string of the molecule is CCCCOCCOc1c(N)c(C)nn1CC. The normalized spacial score (nSPS) is 10.8. The maximum atomic E-state index is 5.89. The minimum Gasteiger partial charge on any atom is -0.474 e. The third kappa shape index (κ3) is 3.93. The summed E-state index contributed by atoms with van der Waals surface area (Å²) in [7, 11) is 0. The molecule has 0 unspecified atom stereocenters. The standard InChI is InChI=1S/C12H23N3O2/c1-4-6-7-16-8-9-17-12-11(13)10(3)14-15(12)5-2/h4-9,13H2,1-3H3. The highest BCUT2D eigenvalue weighted by Gasteiger charge is 2.12. The number of hydrogen-bond acceptors (Lipinski definition) is 4. The molecule has 0 amide bonds. The van der Waals surface area contributed by atoms with E-state index < -0.39 is 0 Å². The van der Waals surface area contributed by atoms with Crippen LogP contribution in [0.2, 0.25) is 0 Å². The van der Waals surface area contributed by atoms with Gasteiger partial charge in [-0.1, -0.05) is 13.3 Å². The van der Waals surface area contributed by atoms with E-state index in [1.54, 1.807) is 4.68 Å². The summed E-state index contributed by atoms with van der Waals surface area (Å²) in [6.07, 6.45) is 2.24. The second-order valence-corrected chi connectivity index (χ2v) is 3.93. The summed E-state index contributed by atoms with van der Waals surface area (Å²) in [6.45, 7) is 8.68. The predicted molar refractivity (Wildman–Crippen MR) is 68.3 cm³/mol. The Morgan fingerprint density at radius 2 is 2.00 bits per heavy atom. The van der Waals surface area contributed by atoms with Gasteiger partial charge in [-0.25, -0.2) is 4.68 Å². The number of aryl methyl sites for hydroxylation is 2. The van der Waals surface area contributed by atoms with Crippen LogP contribution < -0.4 is 10.5 Å². The zero-order valence-corrected chi connectivity index (χ0v) is 11.0. The lowest BCUT2D eigenvalue weighted by molar-refractivity contribution is 0.0949. The first-order chi connectivity index (χ1) is 8.20. The molecule has 0 aliphatic rings. The highest BCUT2D eigenvalue weighted by Crippen LogP contribution is 2.24. The summed E-state index contributed by atoms with van der Waals surface area (Å²) < 4.78 is 12.8. The van der Waals surface area contributed by atoms with E-state index in [9.17, 15) is 0 Å². The maximum Gasteiger partial charge on any atom is 0.236 e. The van der Waals surface area contributed by atoms with Gasteiger partial charge < -0.3 is 15.2 Å². The molecule has 5 nitrogen and oxygen atoms in total. The Balaban J connectivity index is 2.35. The Bertz CT molecular complexity index is 337. The average Bonchev–Trinajstić information content (AvgIpc) is 2.60. The largest absolute Gasteiger partial charge is 0.474 e. The second-order valence-electron chi connectivity index (χ2n) is 3.93. The van der Waals surface area contributed by atoms with E-state index in [1.165, 1.54) is 0 Å². The number of rotatable bonds is 8. The molecule has 0 bridgehead atoms. The third-order valence-electron chi connectivity index (χ3n) is 2.53. The van der Waals surface area contributed by atoms with Gasteiger partial charge in [0, 0.05) is 13.2 Å². The number of unbranched alkanes of at least 4 members (excludes halogenated alkanes) is 1. The van der Waals surface area contributed by atoms with Crippen LogP contribution in [0, 0.1) is 6.92 Å². The summed E-state index contributed by atoms with van der Waals surface area (Å²) in [4.78, 5) is 0. The van der Waals surface area contributed by atoms with Crippen molar-refractivity contribution in [3.63, 3.8) is 0 Å². The molecular weight excluding hydrogens is 218 g/mol. The first-order valence-corrected chi connectivity index (χ1v) is 6.24. The van der Waals surface area contributed by atoms with E-state index >= 15 is 0 Å². The van der Waals surface area contributed by atoms with Gasteiger partial charge in [-0.3, -0.25) is 0 Å². The zero-order chi connectivity index (χ0) is 12.7. The number of nitrogens with two attached hydrogens (primary N) is 1. The van der Waals surface area contributed by atoms with Crippen molar-refractivity contribution in [2.45, 2.75) is 40.2 Å². The lowest BCUT2D eigenvalue weighted by Crippen LogP contribution is -2.11. The molecule has 0 aliphatic carbocycles. The Morgan fingerprint density at radius 1 is 1.24 bits per heavy atom. The van der Waals surface area contributed by atoms with Gasteiger partial charge in [0.2, 0.25) is 5.88 Å². The molecule has 1 aromatic heterocycles. The van der Waals surface area contributed by atoms with E-state index in [2.05, 4.69) is 12.0 Å². The Labute approximate surface area is 103 Å². The molecule has 0 saturated carbocycles. The van der Waals surface area contributed by atoms with E-state index in [0.717, 1.165) is 31.7 Å². The number of nitrogens with zero attached hydrogens (tertiary/aromatic N) is 2. The van der Waals surface area contributed by atoms with Gasteiger partial charge in [0.25, 0.3) is 0 Å². The summed E-state index contributed by atoms with van der Waals surface area (Å²) in [5.74, 6) is 0.657. The lowest BCUT2D eigenvalue weighted by atomic mass is 10.4. The predicted octanol–water partition coefficient (Wildman–Crippen LogP) is 1.99. The van der Waals surface area contributed by atoms with Crippen molar-refractivity contribution in [3.05, 3.63) is 5.69 Å². The molecule has 0 fully saturated rings. The van der Waals surface area contributed by atoms with Gasteiger partial charge in [0.05, 0.1) is 12.3 Å². The highest BCUT2D eigenvalue weighted by molar-refractivity contribution is 5.52. The maximum absolute atomic E-state index is 5.89. The van der Waals surface area contributed by atoms with E-state index in [1.807, 2.05) is 13.8 Å². The van der Waals surface area contributed by atoms with Crippen LogP contribution >= 0.6 is 0 Å². The van der Waals surface area contributed by atoms with E-state index in [0.29, 0.717) is 24.8 Å². The molecule has 0 saturated heterocycles. The Hall–Kier alpha value is -1.23. The topological polar surface area (TPSA) is 62.3 Å². The summed E-state index contributed by atoms with van der Waals surface area (Å²) >= 11 is 0. The molecule has 0 radical (unpaired) electrons. The molecule has 0 spiro atoms. The summed E-state index contributed by atoms with van der Waals surface area (Å²) in [6, 6.07) is 0. The molecule has 0 aromatic carbocycles. The highest BCUT2D eigenvalue weighted by atomic mass is 16.5. The van der Waals surface area contributed by atoms with Gasteiger partial charge in [-0.2, -0.15) is 5.10 Å². The van der Waals surface area contributed by atoms with Crippen LogP contribution in [-0.2, 0) is 11.3 Å². The van der Waals surface area contributed by atoms with Crippen molar-refractivity contribution >= 4 is 5.69 Å². The third-order valence-corrected chi connectivity index (χ3v) is 2.53. The number of nitrogen functional groups attached to an aromatic ring is 1. The number of aromatic nitrogens is 2. The van der Waals surface area contributed by atoms with Gasteiger partial charge in [-0.05, 0) is 20.3 Å². The molecule has 98 valence electrons. The molecule has 0 atom stereocenters. The average molecular weight is 241 g/mol. The van der Waals surface area contributed by atoms with Crippen LogP contribution in [-0.4, -0.2) is 29.6 Å². The van der Waals surface area contributed by atoms with Crippen molar-refractivity contribution in [2.75, 3.05) is 25.6 Å². The van der Waals surface area contributed by atoms with Crippen LogP contribution in [0.1, 0.15) is 32.4 Å². The Kier molecular flexibility index (Phi) is 5.83. The molecule has 1 aromatic rings. The quantitative estimate of drug-likeness (QED) is 0.707. The fourth-order valence-electron chi connectivity index (χ4n) is 1.49. The molecule has 0 aliphatic heterocycles. The van der Waals surface area contributed by atoms with Crippen LogP contribution in [0.4, 0.5) is 5.69 Å². The Morgan fingerprint density at radius 3 is 2.65 bits per heavy atom. The van der Waals surface area contributed by atoms with Crippen LogP contribution in [0.5, 0.6) is 5.88 Å². The monoisotopic (exact) mass is 241 g/mol. The second kappa shape index (κ2) is 7.17. The van der Waals surface area contributed by atoms with Crippen LogP contribution in [0.25, 0.3) is 0 Å². The fraction of sp³-hybridized carbons (Fsp3) is 0.750. The molecule has 5 heteroatoms. The first kappa shape index (κ1) is 13.8. The van der Waals surface area contributed by atoms with Gasteiger partial charge >= 0.3 is 0 Å². The van der Waals surface area contributed by atoms with Crippen LogP contribution in [0.3, 0.4) is 0 Å². The molecule has 2 N–H and O–H groups in total. The molecule has 1 heterocycles. The van der Waals surface area contributed by atoms with Crippen molar-refractivity contribution in [1.82, 2.24) is 9.78 Å². The summed E-state index contributed by atoms with van der Waals surface area (Å²) in [5.41, 5.74) is 7.33. The molecule has 1 rings (SSSR count). The fourth-order valence-corrected chi connectivity index (χ4v) is 1.49. The van der Waals surface area contributed by atoms with Gasteiger partial charge in [-0.15, -0.1) is 0 Å². The molecule has 17 heavy (non-hydrogen) atoms. The van der Waals surface area contributed by atoms with E-state index in [4.69, 9.17) is 15.2 Å². The van der Waals surface area contributed by atoms with Crippen molar-refractivity contribution < 1.29 is 9.47 Å². The smallest absolute Gasteiger partial charge is 0.236 e. The summed E-state index contributed by atoms with van der Waals surface area (Å²) in [5, 5.41) is 4.28. The number of ether oxygens (including phenoxy) is 2. The minimum absolute atomic E-state index is 0.513. The van der Waals surface area contributed by atoms with Crippen molar-refractivity contribution in [2.24, 2.45) is 0 Å².